The van der Waals surface area contributed by atoms with E-state index >= 15 is 0 Å². The number of carbonyl (C=O) groups is 1. The van der Waals surface area contributed by atoms with Crippen molar-refractivity contribution in [3.05, 3.63) is 58.9 Å². The van der Waals surface area contributed by atoms with E-state index in [9.17, 15) is 9.18 Å². The van der Waals surface area contributed by atoms with Crippen LogP contribution in [0, 0.1) is 5.82 Å². The van der Waals surface area contributed by atoms with Crippen molar-refractivity contribution in [1.82, 2.24) is 4.90 Å². The summed E-state index contributed by atoms with van der Waals surface area (Å²) in [5.41, 5.74) is 0.672. The van der Waals surface area contributed by atoms with Crippen LogP contribution in [0.1, 0.15) is 5.56 Å². The maximum atomic E-state index is 13.6. The average molecular weight is 338 g/mol. The Labute approximate surface area is 139 Å². The molecule has 0 atom stereocenters. The first-order chi connectivity index (χ1) is 11.0. The van der Waals surface area contributed by atoms with Gasteiger partial charge in [0.25, 0.3) is 5.91 Å². The number of nitrogens with zero attached hydrogens (tertiary/aromatic N) is 1. The van der Waals surface area contributed by atoms with E-state index in [1.165, 1.54) is 24.1 Å². The number of hydrogen-bond acceptors (Lipinski definition) is 3. The summed E-state index contributed by atoms with van der Waals surface area (Å²) in [6.45, 7) is 0.181. The molecule has 0 aliphatic carbocycles. The van der Waals surface area contributed by atoms with Crippen LogP contribution < -0.4 is 9.47 Å². The molecule has 0 unspecified atom stereocenters. The number of amides is 1. The lowest BCUT2D eigenvalue weighted by molar-refractivity contribution is -0.132. The third kappa shape index (κ3) is 4.86. The van der Waals surface area contributed by atoms with Crippen LogP contribution in [-0.4, -0.2) is 31.6 Å². The molecular formula is C17H17ClFNO3. The fourth-order valence-corrected chi connectivity index (χ4v) is 2.08. The third-order valence-corrected chi connectivity index (χ3v) is 3.49. The van der Waals surface area contributed by atoms with Crippen LogP contribution >= 0.6 is 11.6 Å². The van der Waals surface area contributed by atoms with Crippen molar-refractivity contribution < 1.29 is 18.7 Å². The molecule has 0 saturated carbocycles. The van der Waals surface area contributed by atoms with E-state index < -0.39 is 5.82 Å². The predicted octanol–water partition coefficient (Wildman–Crippen LogP) is 3.53. The predicted molar refractivity (Wildman–Crippen MR) is 86.4 cm³/mol. The van der Waals surface area contributed by atoms with Crippen molar-refractivity contribution in [2.45, 2.75) is 6.54 Å². The Balaban J connectivity index is 1.89. The maximum absolute atomic E-state index is 13.6. The normalized spacial score (nSPS) is 10.3. The van der Waals surface area contributed by atoms with Crippen LogP contribution in [0.2, 0.25) is 5.02 Å². The van der Waals surface area contributed by atoms with Gasteiger partial charge in [-0.05, 0) is 42.0 Å². The van der Waals surface area contributed by atoms with Gasteiger partial charge in [0, 0.05) is 18.6 Å². The summed E-state index contributed by atoms with van der Waals surface area (Å²) in [6, 6.07) is 11.3. The van der Waals surface area contributed by atoms with Gasteiger partial charge in [-0.1, -0.05) is 17.7 Å². The standard InChI is InChI=1S/C17H17ClFNO3/c1-20(10-12-3-8-16(22-2)15(19)9-12)17(21)11-23-14-6-4-13(18)5-7-14/h3-9H,10-11H2,1-2H3. The molecule has 0 aliphatic rings. The molecule has 4 nitrogen and oxygen atoms in total. The zero-order valence-electron chi connectivity index (χ0n) is 12.9. The number of hydrogen-bond donors (Lipinski definition) is 0. The fraction of sp³-hybridized carbons (Fsp3) is 0.235. The molecule has 122 valence electrons. The molecule has 0 aromatic heterocycles. The quantitative estimate of drug-likeness (QED) is 0.809. The minimum Gasteiger partial charge on any atom is -0.494 e. The largest absolute Gasteiger partial charge is 0.494 e. The smallest absolute Gasteiger partial charge is 0.260 e. The highest BCUT2D eigenvalue weighted by atomic mass is 35.5. The molecule has 0 N–H and O–H groups in total. The zero-order chi connectivity index (χ0) is 16.8. The van der Waals surface area contributed by atoms with Gasteiger partial charge in [-0.15, -0.1) is 0 Å². The number of likely N-dealkylation sites (N-methyl/N-ethyl adjacent to an activating group) is 1. The van der Waals surface area contributed by atoms with Crippen molar-refractivity contribution in [2.24, 2.45) is 0 Å². The Morgan fingerprint density at radius 2 is 1.91 bits per heavy atom. The van der Waals surface area contributed by atoms with Gasteiger partial charge < -0.3 is 14.4 Å². The molecule has 0 bridgehead atoms. The van der Waals surface area contributed by atoms with E-state index in [4.69, 9.17) is 21.1 Å². The van der Waals surface area contributed by atoms with Crippen molar-refractivity contribution in [3.63, 3.8) is 0 Å². The number of halogens is 2. The van der Waals surface area contributed by atoms with Gasteiger partial charge in [0.15, 0.2) is 18.2 Å². The van der Waals surface area contributed by atoms with E-state index in [0.29, 0.717) is 16.3 Å². The van der Waals surface area contributed by atoms with E-state index in [0.717, 1.165) is 0 Å². The maximum Gasteiger partial charge on any atom is 0.260 e. The van der Waals surface area contributed by atoms with Crippen molar-refractivity contribution in [3.8, 4) is 11.5 Å². The Morgan fingerprint density at radius 1 is 1.22 bits per heavy atom. The summed E-state index contributed by atoms with van der Waals surface area (Å²) in [5.74, 6) is 0.0693. The van der Waals surface area contributed by atoms with E-state index in [1.54, 1.807) is 37.4 Å². The van der Waals surface area contributed by atoms with Crippen LogP contribution in [0.4, 0.5) is 4.39 Å². The van der Waals surface area contributed by atoms with Gasteiger partial charge in [-0.25, -0.2) is 4.39 Å². The summed E-state index contributed by atoms with van der Waals surface area (Å²) >= 11 is 5.78. The monoisotopic (exact) mass is 337 g/mol. The van der Waals surface area contributed by atoms with Crippen LogP contribution in [0.5, 0.6) is 11.5 Å². The second kappa shape index (κ2) is 7.83. The highest BCUT2D eigenvalue weighted by Crippen LogP contribution is 2.19. The van der Waals surface area contributed by atoms with Gasteiger partial charge >= 0.3 is 0 Å². The number of carbonyl (C=O) groups excluding carboxylic acids is 1. The van der Waals surface area contributed by atoms with Gasteiger partial charge in [0.05, 0.1) is 7.11 Å². The van der Waals surface area contributed by atoms with Crippen LogP contribution in [0.3, 0.4) is 0 Å². The summed E-state index contributed by atoms with van der Waals surface area (Å²) in [4.78, 5) is 13.5. The van der Waals surface area contributed by atoms with Crippen molar-refractivity contribution in [2.75, 3.05) is 20.8 Å². The summed E-state index contributed by atoms with van der Waals surface area (Å²) in [7, 11) is 3.04. The van der Waals surface area contributed by atoms with Gasteiger partial charge in [0.2, 0.25) is 0 Å². The third-order valence-electron chi connectivity index (χ3n) is 3.24. The summed E-state index contributed by atoms with van der Waals surface area (Å²) in [5, 5.41) is 0.599. The van der Waals surface area contributed by atoms with Gasteiger partial charge in [-0.2, -0.15) is 0 Å². The Morgan fingerprint density at radius 3 is 2.52 bits per heavy atom. The number of ether oxygens (including phenoxy) is 2. The highest BCUT2D eigenvalue weighted by Gasteiger charge is 2.12. The number of methoxy groups -OCH3 is 1. The lowest BCUT2D eigenvalue weighted by Gasteiger charge is -2.18. The molecule has 0 spiro atoms. The molecule has 6 heteroatoms. The van der Waals surface area contributed by atoms with E-state index in [-0.39, 0.29) is 24.8 Å². The average Bonchev–Trinajstić information content (AvgIpc) is 2.54. The lowest BCUT2D eigenvalue weighted by atomic mass is 10.2. The molecule has 2 aromatic carbocycles. The van der Waals surface area contributed by atoms with E-state index in [2.05, 4.69) is 0 Å². The molecule has 0 saturated heterocycles. The lowest BCUT2D eigenvalue weighted by Crippen LogP contribution is -2.31. The fourth-order valence-electron chi connectivity index (χ4n) is 1.96. The zero-order valence-corrected chi connectivity index (χ0v) is 13.6. The molecule has 0 fully saturated rings. The van der Waals surface area contributed by atoms with E-state index in [1.807, 2.05) is 0 Å². The van der Waals surface area contributed by atoms with Crippen molar-refractivity contribution >= 4 is 17.5 Å². The van der Waals surface area contributed by atoms with Gasteiger partial charge in [-0.3, -0.25) is 4.79 Å². The molecule has 23 heavy (non-hydrogen) atoms. The molecule has 0 radical (unpaired) electrons. The Hall–Kier alpha value is -2.27. The van der Waals surface area contributed by atoms with Crippen LogP contribution in [0.25, 0.3) is 0 Å². The number of benzene rings is 2. The summed E-state index contributed by atoms with van der Waals surface area (Å²) in [6.07, 6.45) is 0. The molecule has 2 rings (SSSR count). The topological polar surface area (TPSA) is 38.8 Å². The first-order valence-electron chi connectivity index (χ1n) is 6.94. The highest BCUT2D eigenvalue weighted by molar-refractivity contribution is 6.30. The molecular weight excluding hydrogens is 321 g/mol. The van der Waals surface area contributed by atoms with Crippen molar-refractivity contribution in [1.29, 1.82) is 0 Å². The minimum absolute atomic E-state index is 0.100. The first-order valence-corrected chi connectivity index (χ1v) is 7.32. The van der Waals surface area contributed by atoms with Crippen LogP contribution in [-0.2, 0) is 11.3 Å². The SMILES string of the molecule is COc1ccc(CN(C)C(=O)COc2ccc(Cl)cc2)cc1F. The van der Waals surface area contributed by atoms with Gasteiger partial charge in [0.1, 0.15) is 5.75 Å². The molecule has 2 aromatic rings. The Kier molecular flexibility index (Phi) is 5.82. The molecule has 0 aliphatic heterocycles. The molecule has 0 heterocycles. The second-order valence-corrected chi connectivity index (χ2v) is 5.40. The number of rotatable bonds is 6. The van der Waals surface area contributed by atoms with Crippen LogP contribution in [0.15, 0.2) is 42.5 Å². The Bertz CT molecular complexity index is 676. The second-order valence-electron chi connectivity index (χ2n) is 4.96. The first kappa shape index (κ1) is 17.1. The summed E-state index contributed by atoms with van der Waals surface area (Å²) < 4.78 is 23.9. The molecule has 1 amide bonds. The minimum atomic E-state index is -0.455.